The highest BCUT2D eigenvalue weighted by atomic mass is 16.7. The van der Waals surface area contributed by atoms with Crippen molar-refractivity contribution >= 4 is 11.9 Å². The van der Waals surface area contributed by atoms with Gasteiger partial charge in [-0.25, -0.2) is 9.59 Å². The summed E-state index contributed by atoms with van der Waals surface area (Å²) in [5.41, 5.74) is 0.0417. The molecule has 0 aliphatic carbocycles. The van der Waals surface area contributed by atoms with Crippen molar-refractivity contribution in [3.05, 3.63) is 11.6 Å². The molecular weight excluding hydrogens is 150 g/mol. The predicted molar refractivity (Wildman–Crippen MR) is 36.3 cm³/mol. The summed E-state index contributed by atoms with van der Waals surface area (Å²) in [4.78, 5) is 24.5. The number of carboxylic acid groups (broad SMARTS) is 1. The second-order valence-corrected chi connectivity index (χ2v) is 1.77. The zero-order valence-corrected chi connectivity index (χ0v) is 6.03. The fourth-order valence-corrected chi connectivity index (χ4v) is 0.530. The molecule has 0 aliphatic rings. The summed E-state index contributed by atoms with van der Waals surface area (Å²) in [5.74, 6) is 2.54. The third-order valence-corrected chi connectivity index (χ3v) is 1.05. The maximum absolute atomic E-state index is 10.6. The summed E-state index contributed by atoms with van der Waals surface area (Å²) in [6.45, 7) is 1.63. The number of hydrogen-bond donors (Lipinski definition) is 2. The average molecular weight is 159 g/mol. The highest BCUT2D eigenvalue weighted by Crippen LogP contribution is 2.01. The van der Waals surface area contributed by atoms with E-state index in [4.69, 9.17) is 5.11 Å². The topological polar surface area (TPSA) is 89.6 Å². The Balaban J connectivity index is 4.39. The lowest BCUT2D eigenvalue weighted by atomic mass is 10.2. The van der Waals surface area contributed by atoms with E-state index < -0.39 is 11.9 Å². The van der Waals surface area contributed by atoms with E-state index in [9.17, 15) is 9.59 Å². The molecule has 0 fully saturated rings. The molecule has 0 aromatic rings. The highest BCUT2D eigenvalue weighted by Gasteiger charge is 2.08. The van der Waals surface area contributed by atoms with E-state index in [1.165, 1.54) is 0 Å². The number of hydrogen-bond acceptors (Lipinski definition) is 4. The molecule has 0 amide bonds. The van der Waals surface area contributed by atoms with E-state index in [-0.39, 0.29) is 12.0 Å². The van der Waals surface area contributed by atoms with Crippen LogP contribution in [-0.2, 0) is 14.4 Å². The fraction of sp³-hybridized carbons (Fsp3) is 0.333. The molecule has 0 bridgehead atoms. The number of rotatable bonds is 3. The van der Waals surface area contributed by atoms with Crippen molar-refractivity contribution in [3.8, 4) is 0 Å². The largest absolute Gasteiger partial charge is 0.478 e. The van der Waals surface area contributed by atoms with Crippen molar-refractivity contribution in [1.29, 1.82) is 0 Å². The summed E-state index contributed by atoms with van der Waals surface area (Å²) >= 11 is 0. The van der Waals surface area contributed by atoms with Gasteiger partial charge in [0.1, 0.15) is 0 Å². The van der Waals surface area contributed by atoms with Gasteiger partial charge in [-0.2, -0.15) is 5.90 Å². The van der Waals surface area contributed by atoms with Gasteiger partial charge in [0.2, 0.25) is 0 Å². The van der Waals surface area contributed by atoms with Crippen LogP contribution < -0.4 is 5.90 Å². The molecule has 3 N–H and O–H groups in total. The second kappa shape index (κ2) is 4.45. The molecule has 0 rings (SSSR count). The Morgan fingerprint density at radius 1 is 1.64 bits per heavy atom. The number of aliphatic carboxylic acids is 1. The van der Waals surface area contributed by atoms with Crippen LogP contribution in [-0.4, -0.2) is 17.0 Å². The molecule has 5 heteroatoms. The fourth-order valence-electron chi connectivity index (χ4n) is 0.530. The van der Waals surface area contributed by atoms with Crippen LogP contribution in [0.3, 0.4) is 0 Å². The Kier molecular flexibility index (Phi) is 3.90. The number of carboxylic acids is 1. The zero-order chi connectivity index (χ0) is 8.85. The summed E-state index contributed by atoms with van der Waals surface area (Å²) in [5, 5.41) is 8.23. The van der Waals surface area contributed by atoms with E-state index in [1.807, 2.05) is 0 Å². The summed E-state index contributed by atoms with van der Waals surface area (Å²) < 4.78 is 0. The first-order valence-corrected chi connectivity index (χ1v) is 2.96. The molecule has 0 aromatic carbocycles. The Morgan fingerprint density at radius 2 is 2.18 bits per heavy atom. The molecule has 62 valence electrons. The Hall–Kier alpha value is -1.36. The minimum atomic E-state index is -1.19. The highest BCUT2D eigenvalue weighted by molar-refractivity contribution is 5.95. The van der Waals surface area contributed by atoms with Gasteiger partial charge in [-0.1, -0.05) is 6.92 Å². The van der Waals surface area contributed by atoms with Crippen LogP contribution in [0.4, 0.5) is 0 Å². The third-order valence-electron chi connectivity index (χ3n) is 1.05. The van der Waals surface area contributed by atoms with Crippen molar-refractivity contribution in [1.82, 2.24) is 0 Å². The summed E-state index contributed by atoms with van der Waals surface area (Å²) in [6, 6.07) is 0. The first-order valence-electron chi connectivity index (χ1n) is 2.96. The summed E-state index contributed by atoms with van der Waals surface area (Å²) in [6.07, 6.45) is 1.05. The van der Waals surface area contributed by atoms with Crippen molar-refractivity contribution in [2.45, 2.75) is 13.3 Å². The molecule has 0 atom stereocenters. The first-order chi connectivity index (χ1) is 5.11. The Bertz CT molecular complexity index is 197. The normalized spacial score (nSPS) is 10.9. The zero-order valence-electron chi connectivity index (χ0n) is 6.03. The van der Waals surface area contributed by atoms with E-state index in [2.05, 4.69) is 10.7 Å². The summed E-state index contributed by atoms with van der Waals surface area (Å²) in [7, 11) is 0. The Labute approximate surface area is 63.4 Å². The van der Waals surface area contributed by atoms with Gasteiger partial charge >= 0.3 is 11.9 Å². The van der Waals surface area contributed by atoms with Crippen LogP contribution in [0, 0.1) is 0 Å². The molecule has 0 unspecified atom stereocenters. The van der Waals surface area contributed by atoms with Crippen LogP contribution in [0.15, 0.2) is 11.6 Å². The van der Waals surface area contributed by atoms with Gasteiger partial charge in [-0.15, -0.1) is 0 Å². The lowest BCUT2D eigenvalue weighted by Crippen LogP contribution is -2.13. The lowest BCUT2D eigenvalue weighted by Gasteiger charge is -1.97. The molecule has 0 aliphatic heterocycles. The first kappa shape index (κ1) is 9.64. The molecule has 11 heavy (non-hydrogen) atoms. The smallest absolute Gasteiger partial charge is 0.352 e. The van der Waals surface area contributed by atoms with E-state index in [1.54, 1.807) is 6.92 Å². The van der Waals surface area contributed by atoms with Gasteiger partial charge in [-0.05, 0) is 6.42 Å². The van der Waals surface area contributed by atoms with Gasteiger partial charge in [-0.3, -0.25) is 0 Å². The molecule has 0 aromatic heterocycles. The maximum Gasteiger partial charge on any atom is 0.352 e. The predicted octanol–water partition coefficient (Wildman–Crippen LogP) is -0.176. The molecule has 0 radical (unpaired) electrons. The lowest BCUT2D eigenvalue weighted by molar-refractivity contribution is -0.140. The van der Waals surface area contributed by atoms with E-state index in [0.717, 1.165) is 6.08 Å². The number of carbonyl (C=O) groups is 2. The minimum absolute atomic E-state index is 0.0417. The molecule has 0 saturated carbocycles. The van der Waals surface area contributed by atoms with Crippen LogP contribution in [0.25, 0.3) is 0 Å². The van der Waals surface area contributed by atoms with Gasteiger partial charge in [0, 0.05) is 11.6 Å². The minimum Gasteiger partial charge on any atom is -0.478 e. The van der Waals surface area contributed by atoms with Crippen molar-refractivity contribution in [2.75, 3.05) is 0 Å². The average Bonchev–Trinajstić information content (AvgIpc) is 1.98. The maximum atomic E-state index is 10.6. The Morgan fingerprint density at radius 3 is 2.45 bits per heavy atom. The molecule has 0 spiro atoms. The van der Waals surface area contributed by atoms with E-state index >= 15 is 0 Å². The number of nitrogens with two attached hydrogens (primary N) is 1. The second-order valence-electron chi connectivity index (χ2n) is 1.77. The molecule has 0 saturated heterocycles. The van der Waals surface area contributed by atoms with Crippen LogP contribution >= 0.6 is 0 Å². The molecule has 0 heterocycles. The van der Waals surface area contributed by atoms with Gasteiger partial charge < -0.3 is 9.94 Å². The van der Waals surface area contributed by atoms with E-state index in [0.29, 0.717) is 0 Å². The van der Waals surface area contributed by atoms with Crippen molar-refractivity contribution in [3.63, 3.8) is 0 Å². The molecular formula is C6H9NO4. The SMILES string of the molecule is CCC(=CC(=O)O)C(=O)ON. The van der Waals surface area contributed by atoms with Gasteiger partial charge in [0.15, 0.2) is 0 Å². The van der Waals surface area contributed by atoms with Crippen LogP contribution in [0.1, 0.15) is 13.3 Å². The molecule has 5 nitrogen and oxygen atoms in total. The van der Waals surface area contributed by atoms with Gasteiger partial charge in [0.05, 0.1) is 0 Å². The van der Waals surface area contributed by atoms with Crippen LogP contribution in [0.2, 0.25) is 0 Å². The monoisotopic (exact) mass is 159 g/mol. The van der Waals surface area contributed by atoms with Gasteiger partial charge in [0.25, 0.3) is 0 Å². The number of carbonyl (C=O) groups excluding carboxylic acids is 1. The quantitative estimate of drug-likeness (QED) is 0.440. The third kappa shape index (κ3) is 3.36. The van der Waals surface area contributed by atoms with Crippen molar-refractivity contribution < 1.29 is 19.5 Å². The van der Waals surface area contributed by atoms with Crippen LogP contribution in [0.5, 0.6) is 0 Å². The van der Waals surface area contributed by atoms with Crippen molar-refractivity contribution in [2.24, 2.45) is 5.90 Å². The standard InChI is InChI=1S/C6H9NO4/c1-2-4(3-5(8)9)6(10)11-7/h3H,2,7H2,1H3,(H,8,9).